The zero-order chi connectivity index (χ0) is 45.5. The van der Waals surface area contributed by atoms with Gasteiger partial charge in [0.05, 0.1) is 61.3 Å². The van der Waals surface area contributed by atoms with Crippen LogP contribution in [0.3, 0.4) is 0 Å². The second-order valence-electron chi connectivity index (χ2n) is 17.6. The molecule has 3 aliphatic heterocycles. The molecule has 6 aromatic rings. The number of amides is 4. The molecule has 0 bridgehead atoms. The number of hydrogen-bond acceptors (Lipinski definition) is 10. The first-order valence-electron chi connectivity index (χ1n) is 22.2. The molecule has 0 radical (unpaired) electrons. The number of likely N-dealkylation sites (tertiary alicyclic amines) is 2. The smallest absolute Gasteiger partial charge is 0.407 e. The Bertz CT molecular complexity index is 2740. The standard InChI is InChI=1S/C48H54N10O7/c1-26(2)40(54-47(61)63-5)44(59)56-19-7-9-36(56)42-50-24-33(52-42)29-12-14-35-31(21-29)22-38-32-13-11-30(23-39(32)65-46(58(35)38)28-15-17-49-18-16-28)34-25-51-43(53-34)37-10-8-20-57(37)45(60)41(27(3)4)55-48(62)64-6/h11-18,21-27,36-37,40-41,46H,7-10,19-20H2,1-6H3,(H,50,52)(H,51,53)(H,54,61)(H,55,62)/t36-,37-,40-,41-,46?/m0/s1. The average Bonchev–Trinajstić information content (AvgIpc) is 4.18. The van der Waals surface area contributed by atoms with Gasteiger partial charge in [0.1, 0.15) is 29.5 Å². The molecule has 0 aliphatic carbocycles. The molecule has 5 atom stereocenters. The van der Waals surface area contributed by atoms with E-state index in [0.29, 0.717) is 30.5 Å². The van der Waals surface area contributed by atoms with E-state index in [-0.39, 0.29) is 35.7 Å². The topological polar surface area (TPSA) is 202 Å². The second kappa shape index (κ2) is 17.8. The van der Waals surface area contributed by atoms with Crippen LogP contribution in [-0.2, 0) is 19.1 Å². The second-order valence-corrected chi connectivity index (χ2v) is 17.6. The molecule has 4 amide bonds. The SMILES string of the molecule is COC(=O)N[C@H](C(=O)N1CCC[C@H]1c1ncc(-c2ccc3c(c2)OC(c2ccncc2)n2c-3cc3cc(-c4cnc([C@@H]5CCCN5C(=O)[C@@H](NC(=O)OC)C(C)C)[nH]4)ccc32)[nH]1)C(C)C. The Labute approximate surface area is 376 Å². The van der Waals surface area contributed by atoms with E-state index in [1.54, 1.807) is 23.5 Å². The lowest BCUT2D eigenvalue weighted by Crippen LogP contribution is -2.51. The van der Waals surface area contributed by atoms with Gasteiger partial charge in [0.2, 0.25) is 18.0 Å². The van der Waals surface area contributed by atoms with Crippen molar-refractivity contribution in [2.24, 2.45) is 11.8 Å². The highest BCUT2D eigenvalue weighted by Crippen LogP contribution is 2.46. The fraction of sp³-hybridized carbons (Fsp3) is 0.396. The monoisotopic (exact) mass is 882 g/mol. The van der Waals surface area contributed by atoms with Gasteiger partial charge in [-0.1, -0.05) is 39.8 Å². The number of carbonyl (C=O) groups excluding carboxylic acids is 4. The molecule has 2 saturated heterocycles. The van der Waals surface area contributed by atoms with Gasteiger partial charge in [-0.15, -0.1) is 0 Å². The highest BCUT2D eigenvalue weighted by molar-refractivity contribution is 5.93. The van der Waals surface area contributed by atoms with Crippen LogP contribution in [0.25, 0.3) is 44.7 Å². The summed E-state index contributed by atoms with van der Waals surface area (Å²) in [7, 11) is 2.58. The summed E-state index contributed by atoms with van der Waals surface area (Å²) in [5, 5.41) is 6.44. The molecule has 1 unspecified atom stereocenters. The maximum absolute atomic E-state index is 13.8. The predicted octanol–water partition coefficient (Wildman–Crippen LogP) is 7.51. The third-order valence-corrected chi connectivity index (χ3v) is 12.9. The molecule has 4 N–H and O–H groups in total. The average molecular weight is 883 g/mol. The highest BCUT2D eigenvalue weighted by atomic mass is 16.5. The highest BCUT2D eigenvalue weighted by Gasteiger charge is 2.39. The number of rotatable bonds is 11. The van der Waals surface area contributed by atoms with Crippen LogP contribution in [0.4, 0.5) is 9.59 Å². The Balaban J connectivity index is 1.00. The Morgan fingerprint density at radius 2 is 1.26 bits per heavy atom. The van der Waals surface area contributed by atoms with Gasteiger partial charge in [-0.25, -0.2) is 19.6 Å². The lowest BCUT2D eigenvalue weighted by molar-refractivity contribution is -0.136. The lowest BCUT2D eigenvalue weighted by Gasteiger charge is -2.30. The number of H-pyrrole nitrogens is 2. The molecule has 0 saturated carbocycles. The Morgan fingerprint density at radius 3 is 1.80 bits per heavy atom. The van der Waals surface area contributed by atoms with Crippen LogP contribution in [0.1, 0.15) is 88.9 Å². The van der Waals surface area contributed by atoms with Gasteiger partial charge in [-0.3, -0.25) is 14.6 Å². The van der Waals surface area contributed by atoms with Crippen molar-refractivity contribution in [3.8, 4) is 39.5 Å². The van der Waals surface area contributed by atoms with Crippen molar-refractivity contribution in [2.75, 3.05) is 27.3 Å². The van der Waals surface area contributed by atoms with Gasteiger partial charge in [0.25, 0.3) is 0 Å². The first-order chi connectivity index (χ1) is 31.4. The maximum Gasteiger partial charge on any atom is 0.407 e. The van der Waals surface area contributed by atoms with Crippen LogP contribution in [0.5, 0.6) is 5.75 Å². The molecule has 0 spiro atoms. The lowest BCUT2D eigenvalue weighted by atomic mass is 10.0. The molecule has 17 heteroatoms. The van der Waals surface area contributed by atoms with Gasteiger partial charge < -0.3 is 49.2 Å². The van der Waals surface area contributed by atoms with Crippen molar-refractivity contribution in [3.05, 3.63) is 96.6 Å². The number of methoxy groups -OCH3 is 2. The van der Waals surface area contributed by atoms with Crippen LogP contribution >= 0.6 is 0 Å². The molecule has 4 aromatic heterocycles. The fourth-order valence-corrected chi connectivity index (χ4v) is 9.47. The van der Waals surface area contributed by atoms with Crippen molar-refractivity contribution >= 4 is 34.9 Å². The van der Waals surface area contributed by atoms with Crippen molar-refractivity contribution in [1.29, 1.82) is 0 Å². The van der Waals surface area contributed by atoms with Gasteiger partial charge in [-0.2, -0.15) is 0 Å². The van der Waals surface area contributed by atoms with E-state index in [1.165, 1.54) is 14.2 Å². The number of nitrogens with zero attached hydrogens (tertiary/aromatic N) is 6. The summed E-state index contributed by atoms with van der Waals surface area (Å²) < 4.78 is 18.7. The summed E-state index contributed by atoms with van der Waals surface area (Å²) >= 11 is 0. The predicted molar refractivity (Wildman–Crippen MR) is 241 cm³/mol. The minimum atomic E-state index is -0.724. The minimum absolute atomic E-state index is 0.131. The fourth-order valence-electron chi connectivity index (χ4n) is 9.47. The van der Waals surface area contributed by atoms with Gasteiger partial charge in [0, 0.05) is 53.1 Å². The number of ether oxygens (including phenoxy) is 3. The van der Waals surface area contributed by atoms with E-state index >= 15 is 0 Å². The first kappa shape index (κ1) is 43.1. The molecule has 2 fully saturated rings. The molecule has 2 aromatic carbocycles. The summed E-state index contributed by atoms with van der Waals surface area (Å²) in [6, 6.07) is 16.6. The Morgan fingerprint density at radius 1 is 0.723 bits per heavy atom. The van der Waals surface area contributed by atoms with Crippen LogP contribution in [-0.4, -0.2) is 103 Å². The molecule has 3 aliphatic rings. The summed E-state index contributed by atoms with van der Waals surface area (Å²) in [5.74, 6) is 1.50. The molecule has 65 heavy (non-hydrogen) atoms. The van der Waals surface area contributed by atoms with E-state index in [9.17, 15) is 19.2 Å². The summed E-state index contributed by atoms with van der Waals surface area (Å²) in [5.41, 5.74) is 7.27. The number of pyridine rings is 1. The van der Waals surface area contributed by atoms with Gasteiger partial charge in [0.15, 0.2) is 0 Å². The number of imidazole rings is 2. The van der Waals surface area contributed by atoms with Crippen molar-refractivity contribution in [3.63, 3.8) is 0 Å². The van der Waals surface area contributed by atoms with Crippen molar-refractivity contribution in [2.45, 2.75) is 83.8 Å². The van der Waals surface area contributed by atoms with Crippen molar-refractivity contribution in [1.82, 2.24) is 49.9 Å². The number of benzene rings is 2. The largest absolute Gasteiger partial charge is 0.465 e. The zero-order valence-electron chi connectivity index (χ0n) is 37.3. The molecular weight excluding hydrogens is 829 g/mol. The Kier molecular flexibility index (Phi) is 11.8. The number of carbonyl (C=O) groups is 4. The van der Waals surface area contributed by atoms with Crippen LogP contribution in [0, 0.1) is 11.8 Å². The van der Waals surface area contributed by atoms with Crippen LogP contribution in [0.15, 0.2) is 79.4 Å². The molecule has 338 valence electrons. The summed E-state index contributed by atoms with van der Waals surface area (Å²) in [6.45, 7) is 8.73. The number of hydrogen-bond donors (Lipinski definition) is 4. The third-order valence-electron chi connectivity index (χ3n) is 12.9. The van der Waals surface area contributed by atoms with E-state index in [1.807, 2.05) is 63.1 Å². The quantitative estimate of drug-likeness (QED) is 0.101. The van der Waals surface area contributed by atoms with Gasteiger partial charge >= 0.3 is 12.2 Å². The molecular formula is C48H54N10O7. The van der Waals surface area contributed by atoms with E-state index in [2.05, 4.69) is 60.5 Å². The Hall–Kier alpha value is -7.17. The third kappa shape index (κ3) is 8.15. The number of aromatic nitrogens is 6. The van der Waals surface area contributed by atoms with E-state index in [4.69, 9.17) is 24.2 Å². The number of fused-ring (bicyclic) bond motifs is 5. The number of nitrogens with one attached hydrogen (secondary N) is 4. The minimum Gasteiger partial charge on any atom is -0.465 e. The molecule has 17 nitrogen and oxygen atoms in total. The van der Waals surface area contributed by atoms with E-state index in [0.717, 1.165) is 75.9 Å². The summed E-state index contributed by atoms with van der Waals surface area (Å²) in [4.78, 5) is 76.2. The van der Waals surface area contributed by atoms with Crippen LogP contribution < -0.4 is 15.4 Å². The number of aromatic amines is 2. The van der Waals surface area contributed by atoms with Crippen LogP contribution in [0.2, 0.25) is 0 Å². The zero-order valence-corrected chi connectivity index (χ0v) is 37.3. The molecule has 7 heterocycles. The summed E-state index contributed by atoms with van der Waals surface area (Å²) in [6.07, 6.45) is 8.50. The maximum atomic E-state index is 13.8. The normalized spacial score (nSPS) is 18.9. The first-order valence-corrected chi connectivity index (χ1v) is 22.2. The van der Waals surface area contributed by atoms with E-state index < -0.39 is 30.5 Å². The number of alkyl carbamates (subject to hydrolysis) is 2. The van der Waals surface area contributed by atoms with Gasteiger partial charge in [-0.05, 0) is 80.0 Å². The molecule has 9 rings (SSSR count). The van der Waals surface area contributed by atoms with Crippen molar-refractivity contribution < 1.29 is 33.4 Å².